The molecule has 0 radical (unpaired) electrons. The van der Waals surface area contributed by atoms with Gasteiger partial charge in [-0.05, 0) is 30.5 Å². The maximum Gasteiger partial charge on any atom is 0.277 e. The molecule has 1 aromatic carbocycles. The minimum Gasteiger partial charge on any atom is -0.414 e. The van der Waals surface area contributed by atoms with E-state index in [2.05, 4.69) is 29.4 Å². The van der Waals surface area contributed by atoms with Crippen molar-refractivity contribution in [3.05, 3.63) is 35.2 Å². The first kappa shape index (κ1) is 17.8. The number of carbonyl (C=O) groups is 1. The van der Waals surface area contributed by atoms with Gasteiger partial charge >= 0.3 is 0 Å². The van der Waals surface area contributed by atoms with Crippen LogP contribution in [0, 0.1) is 5.92 Å². The van der Waals surface area contributed by atoms with Gasteiger partial charge in [0.25, 0.3) is 5.22 Å². The number of thioether (sulfide) groups is 1. The van der Waals surface area contributed by atoms with Crippen LogP contribution in [0.15, 0.2) is 33.9 Å². The predicted octanol–water partition coefficient (Wildman–Crippen LogP) is 3.50. The molecule has 0 aliphatic heterocycles. The summed E-state index contributed by atoms with van der Waals surface area (Å²) in [7, 11) is 0. The van der Waals surface area contributed by atoms with Crippen molar-refractivity contribution in [3.63, 3.8) is 0 Å². The Morgan fingerprint density at radius 1 is 1.43 bits per heavy atom. The van der Waals surface area contributed by atoms with Crippen LogP contribution in [0.5, 0.6) is 0 Å². The Bertz CT molecular complexity index is 662. The number of hydrogen-bond donors (Lipinski definition) is 2. The second-order valence-electron chi connectivity index (χ2n) is 5.49. The van der Waals surface area contributed by atoms with Crippen LogP contribution in [0.3, 0.4) is 0 Å². The summed E-state index contributed by atoms with van der Waals surface area (Å²) in [6.07, 6.45) is 0.765. The second kappa shape index (κ2) is 8.33. The van der Waals surface area contributed by atoms with Gasteiger partial charge < -0.3 is 15.5 Å². The van der Waals surface area contributed by atoms with Crippen molar-refractivity contribution in [1.82, 2.24) is 10.2 Å². The van der Waals surface area contributed by atoms with Crippen LogP contribution >= 0.6 is 23.4 Å². The summed E-state index contributed by atoms with van der Waals surface area (Å²) in [6, 6.07) is 6.68. The van der Waals surface area contributed by atoms with Gasteiger partial charge in [0.1, 0.15) is 0 Å². The number of nitrogens with one attached hydrogen (secondary N) is 1. The van der Waals surface area contributed by atoms with E-state index in [1.807, 2.05) is 0 Å². The highest BCUT2D eigenvalue weighted by atomic mass is 35.5. The number of rotatable bonds is 7. The number of halogens is 1. The Balaban J connectivity index is 1.84. The normalized spacial score (nSPS) is 12.4. The van der Waals surface area contributed by atoms with Gasteiger partial charge in [0.05, 0.1) is 11.8 Å². The number of anilines is 1. The number of hydrogen-bond acceptors (Lipinski definition) is 6. The Morgan fingerprint density at radius 2 is 2.22 bits per heavy atom. The zero-order chi connectivity index (χ0) is 16.8. The molecule has 0 bridgehead atoms. The summed E-state index contributed by atoms with van der Waals surface area (Å²) in [6.45, 7) is 4.15. The average molecular weight is 355 g/mol. The van der Waals surface area contributed by atoms with Crippen molar-refractivity contribution in [3.8, 4) is 0 Å². The molecule has 2 aromatic rings. The molecule has 6 nitrogen and oxygen atoms in total. The zero-order valence-electron chi connectivity index (χ0n) is 13.0. The quantitative estimate of drug-likeness (QED) is 0.739. The van der Waals surface area contributed by atoms with E-state index in [9.17, 15) is 4.79 Å². The SMILES string of the molecule is CC(C)CC(N)c1nnc(SCC(=O)Nc2cccc(Cl)c2)o1. The molecule has 1 atom stereocenters. The minimum absolute atomic E-state index is 0.160. The lowest BCUT2D eigenvalue weighted by atomic mass is 10.1. The second-order valence-corrected chi connectivity index (χ2v) is 6.85. The summed E-state index contributed by atoms with van der Waals surface area (Å²) >= 11 is 7.04. The van der Waals surface area contributed by atoms with Crippen LogP contribution in [0.1, 0.15) is 32.2 Å². The molecule has 1 unspecified atom stereocenters. The lowest BCUT2D eigenvalue weighted by Crippen LogP contribution is -2.14. The molecule has 1 heterocycles. The molecule has 124 valence electrons. The first-order valence-corrected chi connectivity index (χ1v) is 8.57. The van der Waals surface area contributed by atoms with E-state index in [1.54, 1.807) is 24.3 Å². The lowest BCUT2D eigenvalue weighted by Gasteiger charge is -2.08. The van der Waals surface area contributed by atoms with E-state index < -0.39 is 0 Å². The largest absolute Gasteiger partial charge is 0.414 e. The summed E-state index contributed by atoms with van der Waals surface area (Å²) in [4.78, 5) is 11.9. The molecule has 1 aromatic heterocycles. The Morgan fingerprint density at radius 3 is 2.91 bits per heavy atom. The van der Waals surface area contributed by atoms with Gasteiger partial charge in [-0.2, -0.15) is 0 Å². The van der Waals surface area contributed by atoms with E-state index in [4.69, 9.17) is 21.8 Å². The molecule has 0 spiro atoms. The third-order valence-corrected chi connectivity index (χ3v) is 3.95. The smallest absolute Gasteiger partial charge is 0.277 e. The summed E-state index contributed by atoms with van der Waals surface area (Å²) in [5.41, 5.74) is 6.63. The molecule has 0 saturated heterocycles. The third kappa shape index (κ3) is 5.85. The van der Waals surface area contributed by atoms with Crippen LogP contribution in [-0.2, 0) is 4.79 Å². The molecule has 3 N–H and O–H groups in total. The minimum atomic E-state index is -0.280. The van der Waals surface area contributed by atoms with Crippen molar-refractivity contribution in [2.75, 3.05) is 11.1 Å². The van der Waals surface area contributed by atoms with Crippen LogP contribution < -0.4 is 11.1 Å². The zero-order valence-corrected chi connectivity index (χ0v) is 14.5. The van der Waals surface area contributed by atoms with Crippen molar-refractivity contribution in [2.45, 2.75) is 31.5 Å². The molecular weight excluding hydrogens is 336 g/mol. The maximum atomic E-state index is 11.9. The summed E-state index contributed by atoms with van der Waals surface area (Å²) in [5.74, 6) is 0.824. The highest BCUT2D eigenvalue weighted by Gasteiger charge is 2.16. The summed E-state index contributed by atoms with van der Waals surface area (Å²) < 4.78 is 5.48. The van der Waals surface area contributed by atoms with Gasteiger partial charge in [0.15, 0.2) is 0 Å². The molecule has 0 fully saturated rings. The van der Waals surface area contributed by atoms with Crippen LogP contribution in [0.2, 0.25) is 5.02 Å². The number of benzene rings is 1. The first-order chi connectivity index (χ1) is 10.9. The van der Waals surface area contributed by atoms with E-state index in [0.717, 1.165) is 6.42 Å². The maximum absolute atomic E-state index is 11.9. The van der Waals surface area contributed by atoms with E-state index in [0.29, 0.717) is 27.7 Å². The van der Waals surface area contributed by atoms with Crippen molar-refractivity contribution < 1.29 is 9.21 Å². The average Bonchev–Trinajstić information content (AvgIpc) is 2.93. The topological polar surface area (TPSA) is 94.0 Å². The lowest BCUT2D eigenvalue weighted by molar-refractivity contribution is -0.113. The van der Waals surface area contributed by atoms with E-state index in [-0.39, 0.29) is 17.7 Å². The van der Waals surface area contributed by atoms with Gasteiger partial charge in [0.2, 0.25) is 11.8 Å². The number of nitrogens with zero attached hydrogens (tertiary/aromatic N) is 2. The van der Waals surface area contributed by atoms with Crippen molar-refractivity contribution >= 4 is 35.0 Å². The Hall–Kier alpha value is -1.57. The number of amides is 1. The van der Waals surface area contributed by atoms with Gasteiger partial charge in [-0.15, -0.1) is 10.2 Å². The molecule has 0 saturated carbocycles. The first-order valence-electron chi connectivity index (χ1n) is 7.21. The van der Waals surface area contributed by atoms with Gasteiger partial charge in [-0.3, -0.25) is 4.79 Å². The van der Waals surface area contributed by atoms with E-state index in [1.165, 1.54) is 11.8 Å². The molecule has 0 aliphatic rings. The van der Waals surface area contributed by atoms with Crippen molar-refractivity contribution in [2.24, 2.45) is 11.7 Å². The van der Waals surface area contributed by atoms with Gasteiger partial charge in [0, 0.05) is 10.7 Å². The van der Waals surface area contributed by atoms with Crippen LogP contribution in [-0.4, -0.2) is 21.9 Å². The number of aromatic nitrogens is 2. The van der Waals surface area contributed by atoms with E-state index >= 15 is 0 Å². The number of nitrogens with two attached hydrogens (primary N) is 1. The fourth-order valence-corrected chi connectivity index (χ4v) is 2.69. The van der Waals surface area contributed by atoms with Crippen LogP contribution in [0.25, 0.3) is 0 Å². The van der Waals surface area contributed by atoms with Gasteiger partial charge in [-0.1, -0.05) is 43.3 Å². The van der Waals surface area contributed by atoms with Crippen LogP contribution in [0.4, 0.5) is 5.69 Å². The Kier molecular flexibility index (Phi) is 6.44. The standard InChI is InChI=1S/C15H19ClN4O2S/c1-9(2)6-12(17)14-19-20-15(22-14)23-8-13(21)18-11-5-3-4-10(16)7-11/h3-5,7,9,12H,6,8,17H2,1-2H3,(H,18,21). The molecule has 8 heteroatoms. The Labute approximate surface area is 144 Å². The highest BCUT2D eigenvalue weighted by molar-refractivity contribution is 7.99. The van der Waals surface area contributed by atoms with Crippen molar-refractivity contribution in [1.29, 1.82) is 0 Å². The monoisotopic (exact) mass is 354 g/mol. The highest BCUT2D eigenvalue weighted by Crippen LogP contribution is 2.22. The number of carbonyl (C=O) groups excluding carboxylic acids is 1. The third-order valence-electron chi connectivity index (χ3n) is 2.90. The molecule has 23 heavy (non-hydrogen) atoms. The fourth-order valence-electron chi connectivity index (χ4n) is 1.93. The fraction of sp³-hybridized carbons (Fsp3) is 0.400. The molecule has 2 rings (SSSR count). The van der Waals surface area contributed by atoms with Gasteiger partial charge in [-0.25, -0.2) is 0 Å². The molecule has 1 amide bonds. The molecular formula is C15H19ClN4O2S. The molecule has 0 aliphatic carbocycles. The summed E-state index contributed by atoms with van der Waals surface area (Å²) in [5, 5.41) is 11.5. The predicted molar refractivity (Wildman–Crippen MR) is 91.5 cm³/mol.